The highest BCUT2D eigenvalue weighted by Crippen LogP contribution is 2.22. The van der Waals surface area contributed by atoms with Gasteiger partial charge in [-0.25, -0.2) is 4.79 Å². The van der Waals surface area contributed by atoms with E-state index in [0.29, 0.717) is 31.1 Å². The Morgan fingerprint density at radius 2 is 2.23 bits per heavy atom. The number of nitrogens with zero attached hydrogens (tertiary/aromatic N) is 1. The Morgan fingerprint density at radius 1 is 1.41 bits per heavy atom. The van der Waals surface area contributed by atoms with Crippen molar-refractivity contribution in [3.05, 3.63) is 35.4 Å². The van der Waals surface area contributed by atoms with Crippen LogP contribution in [0.5, 0.6) is 0 Å². The van der Waals surface area contributed by atoms with Crippen LogP contribution in [0.3, 0.4) is 0 Å². The van der Waals surface area contributed by atoms with Crippen LogP contribution in [0.1, 0.15) is 35.7 Å². The first-order chi connectivity index (χ1) is 10.6. The maximum Gasteiger partial charge on any atom is 0.335 e. The summed E-state index contributed by atoms with van der Waals surface area (Å²) in [7, 11) is 0. The third-order valence-corrected chi connectivity index (χ3v) is 4.00. The molecule has 0 saturated carbocycles. The van der Waals surface area contributed by atoms with Crippen LogP contribution in [-0.2, 0) is 16.0 Å². The first kappa shape index (κ1) is 16.5. The maximum atomic E-state index is 12.0. The van der Waals surface area contributed by atoms with E-state index in [4.69, 9.17) is 9.84 Å². The number of carboxylic acids is 1. The molecule has 1 N–H and O–H groups in total. The molecule has 5 heteroatoms. The molecule has 1 amide bonds. The largest absolute Gasteiger partial charge is 0.478 e. The molecule has 0 bridgehead atoms. The number of carbonyl (C=O) groups excluding carboxylic acids is 1. The molecule has 0 spiro atoms. The first-order valence-corrected chi connectivity index (χ1v) is 7.78. The van der Waals surface area contributed by atoms with Gasteiger partial charge in [0.05, 0.1) is 18.6 Å². The molecule has 1 saturated heterocycles. The Kier molecular flexibility index (Phi) is 5.95. The van der Waals surface area contributed by atoms with Crippen molar-refractivity contribution in [2.24, 2.45) is 5.92 Å². The summed E-state index contributed by atoms with van der Waals surface area (Å²) in [5.41, 5.74) is 1.34. The molecule has 1 aliphatic rings. The molecule has 22 heavy (non-hydrogen) atoms. The number of hydrogen-bond acceptors (Lipinski definition) is 3. The summed E-state index contributed by atoms with van der Waals surface area (Å²) in [6.07, 6.45) is 2.23. The van der Waals surface area contributed by atoms with Gasteiger partial charge >= 0.3 is 5.97 Å². The van der Waals surface area contributed by atoms with Crippen LogP contribution < -0.4 is 0 Å². The summed E-state index contributed by atoms with van der Waals surface area (Å²) in [5.74, 6) is -0.351. The van der Waals surface area contributed by atoms with Crippen LogP contribution in [0, 0.1) is 5.92 Å². The van der Waals surface area contributed by atoms with Crippen molar-refractivity contribution < 1.29 is 19.4 Å². The second kappa shape index (κ2) is 7.94. The molecule has 1 aliphatic heterocycles. The molecule has 2 rings (SSSR count). The fourth-order valence-electron chi connectivity index (χ4n) is 2.85. The van der Waals surface area contributed by atoms with E-state index in [1.54, 1.807) is 18.2 Å². The highest BCUT2D eigenvalue weighted by Gasteiger charge is 2.26. The molecule has 120 valence electrons. The van der Waals surface area contributed by atoms with Gasteiger partial charge in [-0.1, -0.05) is 12.1 Å². The maximum absolute atomic E-state index is 12.0. The molecule has 0 aliphatic carbocycles. The standard InChI is InChI=1S/C17H23NO4/c1-2-22-9-7-16(19)18-8-6-14(12-18)10-13-4-3-5-15(11-13)17(20)21/h3-5,11,14H,2,6-10,12H2,1H3,(H,20,21). The number of carbonyl (C=O) groups is 2. The number of carboxylic acid groups (broad SMARTS) is 1. The van der Waals surface area contributed by atoms with E-state index >= 15 is 0 Å². The molecule has 1 aromatic carbocycles. The van der Waals surface area contributed by atoms with E-state index in [0.717, 1.165) is 31.5 Å². The predicted octanol–water partition coefficient (Wildman–Crippen LogP) is 2.20. The molecule has 0 aromatic heterocycles. The lowest BCUT2D eigenvalue weighted by Gasteiger charge is -2.16. The summed E-state index contributed by atoms with van der Waals surface area (Å²) >= 11 is 0. The van der Waals surface area contributed by atoms with E-state index < -0.39 is 5.97 Å². The van der Waals surface area contributed by atoms with Crippen molar-refractivity contribution in [2.75, 3.05) is 26.3 Å². The summed E-state index contributed by atoms with van der Waals surface area (Å²) in [6.45, 7) is 4.57. The van der Waals surface area contributed by atoms with E-state index in [2.05, 4.69) is 0 Å². The molecule has 1 aromatic rings. The molecule has 1 heterocycles. The average molecular weight is 305 g/mol. The highest BCUT2D eigenvalue weighted by atomic mass is 16.5. The van der Waals surface area contributed by atoms with Gasteiger partial charge in [-0.15, -0.1) is 0 Å². The molecule has 1 unspecified atom stereocenters. The quantitative estimate of drug-likeness (QED) is 0.784. The Morgan fingerprint density at radius 3 is 2.95 bits per heavy atom. The molecule has 5 nitrogen and oxygen atoms in total. The van der Waals surface area contributed by atoms with Gasteiger partial charge in [0, 0.05) is 19.7 Å². The Hall–Kier alpha value is -1.88. The van der Waals surface area contributed by atoms with Gasteiger partial charge < -0.3 is 14.7 Å². The minimum absolute atomic E-state index is 0.148. The molecule has 0 radical (unpaired) electrons. The predicted molar refractivity (Wildman–Crippen MR) is 82.9 cm³/mol. The smallest absolute Gasteiger partial charge is 0.335 e. The lowest BCUT2D eigenvalue weighted by Crippen LogP contribution is -2.29. The Labute approximate surface area is 130 Å². The third kappa shape index (κ3) is 4.56. The van der Waals surface area contributed by atoms with Crippen molar-refractivity contribution >= 4 is 11.9 Å². The summed E-state index contributed by atoms with van der Waals surface area (Å²) in [5, 5.41) is 9.02. The van der Waals surface area contributed by atoms with Crippen LogP contribution in [0.25, 0.3) is 0 Å². The Bertz CT molecular complexity index is 529. The zero-order valence-corrected chi connectivity index (χ0v) is 13.0. The monoisotopic (exact) mass is 305 g/mol. The lowest BCUT2D eigenvalue weighted by atomic mass is 9.97. The average Bonchev–Trinajstić information content (AvgIpc) is 2.96. The summed E-state index contributed by atoms with van der Waals surface area (Å²) in [4.78, 5) is 24.9. The topological polar surface area (TPSA) is 66.8 Å². The molecule has 1 atom stereocenters. The van der Waals surface area contributed by atoms with Crippen LogP contribution in [0.2, 0.25) is 0 Å². The fourth-order valence-corrected chi connectivity index (χ4v) is 2.85. The normalized spacial score (nSPS) is 17.7. The van der Waals surface area contributed by atoms with Gasteiger partial charge in [-0.05, 0) is 43.4 Å². The summed E-state index contributed by atoms with van der Waals surface area (Å²) < 4.78 is 5.22. The van der Waals surface area contributed by atoms with Gasteiger partial charge in [-0.2, -0.15) is 0 Å². The van der Waals surface area contributed by atoms with Gasteiger partial charge in [0.1, 0.15) is 0 Å². The highest BCUT2D eigenvalue weighted by molar-refractivity contribution is 5.87. The number of benzene rings is 1. The first-order valence-electron chi connectivity index (χ1n) is 7.78. The van der Waals surface area contributed by atoms with Gasteiger partial charge in [0.2, 0.25) is 5.91 Å². The molecular weight excluding hydrogens is 282 g/mol. The molecule has 1 fully saturated rings. The van der Waals surface area contributed by atoms with Crippen molar-refractivity contribution in [1.29, 1.82) is 0 Å². The van der Waals surface area contributed by atoms with Crippen LogP contribution in [0.15, 0.2) is 24.3 Å². The fraction of sp³-hybridized carbons (Fsp3) is 0.529. The van der Waals surface area contributed by atoms with E-state index in [1.165, 1.54) is 0 Å². The number of likely N-dealkylation sites (tertiary alicyclic amines) is 1. The Balaban J connectivity index is 1.84. The van der Waals surface area contributed by atoms with Crippen molar-refractivity contribution in [3.8, 4) is 0 Å². The zero-order chi connectivity index (χ0) is 15.9. The number of aromatic carboxylic acids is 1. The van der Waals surface area contributed by atoms with Crippen molar-refractivity contribution in [3.63, 3.8) is 0 Å². The number of ether oxygens (including phenoxy) is 1. The van der Waals surface area contributed by atoms with Crippen LogP contribution >= 0.6 is 0 Å². The van der Waals surface area contributed by atoms with Crippen LogP contribution in [-0.4, -0.2) is 48.2 Å². The van der Waals surface area contributed by atoms with E-state index in [9.17, 15) is 9.59 Å². The summed E-state index contributed by atoms with van der Waals surface area (Å²) in [6, 6.07) is 7.05. The van der Waals surface area contributed by atoms with E-state index in [1.807, 2.05) is 17.9 Å². The minimum atomic E-state index is -0.902. The van der Waals surface area contributed by atoms with Crippen molar-refractivity contribution in [2.45, 2.75) is 26.2 Å². The zero-order valence-electron chi connectivity index (χ0n) is 13.0. The third-order valence-electron chi connectivity index (χ3n) is 4.00. The van der Waals surface area contributed by atoms with Gasteiger partial charge in [0.15, 0.2) is 0 Å². The number of hydrogen-bond donors (Lipinski definition) is 1. The minimum Gasteiger partial charge on any atom is -0.478 e. The van der Waals surface area contributed by atoms with E-state index in [-0.39, 0.29) is 5.91 Å². The van der Waals surface area contributed by atoms with Gasteiger partial charge in [0.25, 0.3) is 0 Å². The second-order valence-electron chi connectivity index (χ2n) is 5.65. The SMILES string of the molecule is CCOCCC(=O)N1CCC(Cc2cccc(C(=O)O)c2)C1. The number of amides is 1. The lowest BCUT2D eigenvalue weighted by molar-refractivity contribution is -0.131. The second-order valence-corrected chi connectivity index (χ2v) is 5.65. The molecular formula is C17H23NO4. The van der Waals surface area contributed by atoms with Crippen molar-refractivity contribution in [1.82, 2.24) is 4.90 Å². The van der Waals surface area contributed by atoms with Gasteiger partial charge in [-0.3, -0.25) is 4.79 Å². The number of rotatable bonds is 7. The van der Waals surface area contributed by atoms with Crippen LogP contribution in [0.4, 0.5) is 0 Å².